The molecule has 1 heterocycles. The maximum absolute atomic E-state index is 13.4. The molecule has 1 fully saturated rings. The van der Waals surface area contributed by atoms with Gasteiger partial charge in [0.2, 0.25) is 0 Å². The lowest BCUT2D eigenvalue weighted by atomic mass is 9.88. The third kappa shape index (κ3) is 2.75. The van der Waals surface area contributed by atoms with Crippen LogP contribution in [0.15, 0.2) is 18.2 Å². The molecule has 0 bridgehead atoms. The number of carboxylic acids is 1. The number of benzene rings is 1. The summed E-state index contributed by atoms with van der Waals surface area (Å²) in [6, 6.07) is 3.47. The second-order valence-corrected chi connectivity index (χ2v) is 5.76. The van der Waals surface area contributed by atoms with Gasteiger partial charge in [-0.3, -0.25) is 9.69 Å². The Balaban J connectivity index is 2.38. The van der Waals surface area contributed by atoms with Crippen molar-refractivity contribution in [2.75, 3.05) is 6.54 Å². The molecule has 1 aliphatic heterocycles. The van der Waals surface area contributed by atoms with Crippen LogP contribution in [0.5, 0.6) is 5.75 Å². The topological polar surface area (TPSA) is 60.8 Å². The van der Waals surface area contributed by atoms with E-state index >= 15 is 0 Å². The Morgan fingerprint density at radius 1 is 1.52 bits per heavy atom. The van der Waals surface area contributed by atoms with Gasteiger partial charge in [-0.2, -0.15) is 0 Å². The monoisotopic (exact) mass is 295 g/mol. The van der Waals surface area contributed by atoms with Gasteiger partial charge >= 0.3 is 5.97 Å². The van der Waals surface area contributed by atoms with Crippen LogP contribution in [0.2, 0.25) is 0 Å². The van der Waals surface area contributed by atoms with Gasteiger partial charge < -0.3 is 10.2 Å². The molecule has 21 heavy (non-hydrogen) atoms. The highest BCUT2D eigenvalue weighted by Crippen LogP contribution is 2.42. The molecule has 5 heteroatoms. The van der Waals surface area contributed by atoms with Crippen LogP contribution in [0.1, 0.15) is 51.1 Å². The zero-order valence-electron chi connectivity index (χ0n) is 12.5. The van der Waals surface area contributed by atoms with Crippen LogP contribution in [0.3, 0.4) is 0 Å². The fourth-order valence-corrected chi connectivity index (χ4v) is 3.51. The Hall–Kier alpha value is -1.62. The fourth-order valence-electron chi connectivity index (χ4n) is 3.51. The molecule has 4 nitrogen and oxygen atoms in total. The lowest BCUT2D eigenvalue weighted by Gasteiger charge is -2.39. The first-order valence-electron chi connectivity index (χ1n) is 7.41. The molecule has 0 saturated carbocycles. The van der Waals surface area contributed by atoms with Crippen LogP contribution < -0.4 is 0 Å². The van der Waals surface area contributed by atoms with Gasteiger partial charge in [0, 0.05) is 11.6 Å². The SMILES string of the molecule is CCCC1(C(=O)O)CCCN1C(C)c1cc(F)ccc1O. The second kappa shape index (κ2) is 6.02. The number of aliphatic carboxylic acids is 1. The molecule has 1 aliphatic rings. The van der Waals surface area contributed by atoms with E-state index in [0.29, 0.717) is 24.9 Å². The van der Waals surface area contributed by atoms with Gasteiger partial charge in [-0.25, -0.2) is 4.39 Å². The standard InChI is InChI=1S/C16H22FNO3/c1-3-7-16(15(20)21)8-4-9-18(16)11(2)13-10-12(17)5-6-14(13)19/h5-6,10-11,19H,3-4,7-9H2,1-2H3,(H,20,21). The summed E-state index contributed by atoms with van der Waals surface area (Å²) in [5.74, 6) is -1.25. The van der Waals surface area contributed by atoms with Crippen LogP contribution in [0, 0.1) is 5.82 Å². The molecule has 2 unspecified atom stereocenters. The van der Waals surface area contributed by atoms with Crippen molar-refractivity contribution in [3.63, 3.8) is 0 Å². The minimum absolute atomic E-state index is 0.00610. The van der Waals surface area contributed by atoms with Crippen LogP contribution in [0.25, 0.3) is 0 Å². The Labute approximate surface area is 124 Å². The quantitative estimate of drug-likeness (QED) is 0.875. The average molecular weight is 295 g/mol. The third-order valence-corrected chi connectivity index (χ3v) is 4.51. The van der Waals surface area contributed by atoms with Crippen molar-refractivity contribution in [3.05, 3.63) is 29.6 Å². The van der Waals surface area contributed by atoms with Crippen molar-refractivity contribution in [3.8, 4) is 5.75 Å². The van der Waals surface area contributed by atoms with Gasteiger partial charge in [0.25, 0.3) is 0 Å². The van der Waals surface area contributed by atoms with Gasteiger partial charge in [-0.1, -0.05) is 13.3 Å². The molecule has 0 spiro atoms. The number of hydrogen-bond acceptors (Lipinski definition) is 3. The molecule has 2 atom stereocenters. The van der Waals surface area contributed by atoms with Gasteiger partial charge in [-0.05, 0) is 50.9 Å². The minimum Gasteiger partial charge on any atom is -0.508 e. The molecule has 1 saturated heterocycles. The Morgan fingerprint density at radius 2 is 2.24 bits per heavy atom. The molecule has 0 amide bonds. The summed E-state index contributed by atoms with van der Waals surface area (Å²) in [5.41, 5.74) is -0.467. The number of rotatable bonds is 5. The van der Waals surface area contributed by atoms with Gasteiger partial charge in [0.05, 0.1) is 0 Å². The smallest absolute Gasteiger partial charge is 0.324 e. The Morgan fingerprint density at radius 3 is 2.86 bits per heavy atom. The van der Waals surface area contributed by atoms with Crippen molar-refractivity contribution >= 4 is 5.97 Å². The molecule has 1 aromatic carbocycles. The number of carbonyl (C=O) groups is 1. The Kier molecular flexibility index (Phi) is 4.52. The van der Waals surface area contributed by atoms with Crippen molar-refractivity contribution in [2.24, 2.45) is 0 Å². The number of likely N-dealkylation sites (tertiary alicyclic amines) is 1. The second-order valence-electron chi connectivity index (χ2n) is 5.76. The van der Waals surface area contributed by atoms with Gasteiger partial charge in [0.1, 0.15) is 17.1 Å². The summed E-state index contributed by atoms with van der Waals surface area (Å²) < 4.78 is 13.4. The predicted molar refractivity (Wildman–Crippen MR) is 77.7 cm³/mol. The van der Waals surface area contributed by atoms with Crippen molar-refractivity contribution in [2.45, 2.75) is 51.1 Å². The number of halogens is 1. The van der Waals surface area contributed by atoms with E-state index in [9.17, 15) is 19.4 Å². The molecule has 2 N–H and O–H groups in total. The molecule has 1 aromatic rings. The van der Waals surface area contributed by atoms with Crippen molar-refractivity contribution < 1.29 is 19.4 Å². The number of phenols is 1. The normalized spacial score (nSPS) is 24.1. The predicted octanol–water partition coefficient (Wildman–Crippen LogP) is 3.31. The molecular weight excluding hydrogens is 273 g/mol. The third-order valence-electron chi connectivity index (χ3n) is 4.51. The van der Waals surface area contributed by atoms with Crippen molar-refractivity contribution in [1.29, 1.82) is 0 Å². The average Bonchev–Trinajstić information content (AvgIpc) is 2.86. The number of hydrogen-bond donors (Lipinski definition) is 2. The highest BCUT2D eigenvalue weighted by Gasteiger charge is 2.49. The molecule has 0 aliphatic carbocycles. The van der Waals surface area contributed by atoms with Crippen LogP contribution in [-0.4, -0.2) is 33.2 Å². The summed E-state index contributed by atoms with van der Waals surface area (Å²) in [5, 5.41) is 19.7. The molecule has 0 aromatic heterocycles. The lowest BCUT2D eigenvalue weighted by molar-refractivity contribution is -0.151. The highest BCUT2D eigenvalue weighted by atomic mass is 19.1. The first kappa shape index (κ1) is 15.8. The number of carboxylic acid groups (broad SMARTS) is 1. The van der Waals surface area contributed by atoms with Gasteiger partial charge in [0.15, 0.2) is 0 Å². The van der Waals surface area contributed by atoms with Crippen LogP contribution in [0.4, 0.5) is 4.39 Å². The zero-order valence-corrected chi connectivity index (χ0v) is 12.5. The lowest BCUT2D eigenvalue weighted by Crippen LogP contribution is -2.51. The summed E-state index contributed by atoms with van der Waals surface area (Å²) in [6.07, 6.45) is 2.72. The van der Waals surface area contributed by atoms with E-state index in [1.165, 1.54) is 18.2 Å². The van der Waals surface area contributed by atoms with Gasteiger partial charge in [-0.15, -0.1) is 0 Å². The first-order chi connectivity index (χ1) is 9.92. The number of phenolic OH excluding ortho intramolecular Hbond substituents is 1. The van der Waals surface area contributed by atoms with Crippen molar-refractivity contribution in [1.82, 2.24) is 4.90 Å². The number of aromatic hydroxyl groups is 1. The van der Waals surface area contributed by atoms with E-state index in [2.05, 4.69) is 0 Å². The Bertz CT molecular complexity index is 534. The fraction of sp³-hybridized carbons (Fsp3) is 0.562. The maximum atomic E-state index is 13.4. The van der Waals surface area contributed by atoms with E-state index in [1.54, 1.807) is 0 Å². The zero-order chi connectivity index (χ0) is 15.6. The van der Waals surface area contributed by atoms with E-state index in [-0.39, 0.29) is 11.8 Å². The van der Waals surface area contributed by atoms with E-state index < -0.39 is 17.3 Å². The van der Waals surface area contributed by atoms with E-state index in [1.807, 2.05) is 18.7 Å². The summed E-state index contributed by atoms with van der Waals surface area (Å²) >= 11 is 0. The van der Waals surface area contributed by atoms with E-state index in [4.69, 9.17) is 0 Å². The van der Waals surface area contributed by atoms with Crippen LogP contribution in [-0.2, 0) is 4.79 Å². The molecular formula is C16H22FNO3. The highest BCUT2D eigenvalue weighted by molar-refractivity contribution is 5.79. The van der Waals surface area contributed by atoms with E-state index in [0.717, 1.165) is 12.8 Å². The minimum atomic E-state index is -0.910. The van der Waals surface area contributed by atoms with Crippen LogP contribution >= 0.6 is 0 Å². The maximum Gasteiger partial charge on any atom is 0.324 e. The largest absolute Gasteiger partial charge is 0.508 e. The molecule has 2 rings (SSSR count). The molecule has 116 valence electrons. The number of nitrogens with zero attached hydrogens (tertiary/aromatic N) is 1. The molecule has 0 radical (unpaired) electrons. The first-order valence-corrected chi connectivity index (χ1v) is 7.41. The summed E-state index contributed by atoms with van der Waals surface area (Å²) in [6.45, 7) is 4.43. The summed E-state index contributed by atoms with van der Waals surface area (Å²) in [7, 11) is 0. The summed E-state index contributed by atoms with van der Waals surface area (Å²) in [4.78, 5) is 13.7.